The molecule has 0 radical (unpaired) electrons. The minimum Gasteiger partial charge on any atom is -0.486 e. The summed E-state index contributed by atoms with van der Waals surface area (Å²) < 4.78 is 11.1. The first-order chi connectivity index (χ1) is 10.7. The Morgan fingerprint density at radius 3 is 2.64 bits per heavy atom. The third kappa shape index (κ3) is 2.55. The lowest BCUT2D eigenvalue weighted by molar-refractivity contribution is -0.115. The summed E-state index contributed by atoms with van der Waals surface area (Å²) in [6.45, 7) is 1.08. The number of ketones is 1. The molecule has 1 aliphatic heterocycles. The molecule has 2 aromatic rings. The van der Waals surface area contributed by atoms with Gasteiger partial charge in [-0.25, -0.2) is 4.98 Å². The number of carbonyl (C=O) groups excluding carboxylic acids is 1. The Morgan fingerprint density at radius 1 is 1.18 bits per heavy atom. The van der Waals surface area contributed by atoms with Gasteiger partial charge >= 0.3 is 0 Å². The van der Waals surface area contributed by atoms with Crippen molar-refractivity contribution in [2.75, 3.05) is 13.2 Å². The van der Waals surface area contributed by atoms with Crippen molar-refractivity contribution in [1.29, 1.82) is 0 Å². The van der Waals surface area contributed by atoms with Crippen molar-refractivity contribution < 1.29 is 14.3 Å². The van der Waals surface area contributed by atoms with Crippen LogP contribution in [0.2, 0.25) is 5.15 Å². The quantitative estimate of drug-likeness (QED) is 0.641. The monoisotopic (exact) mass is 315 g/mol. The zero-order valence-corrected chi connectivity index (χ0v) is 12.6. The van der Waals surface area contributed by atoms with Gasteiger partial charge in [-0.05, 0) is 37.1 Å². The zero-order valence-electron chi connectivity index (χ0n) is 11.8. The predicted octanol–water partition coefficient (Wildman–Crippen LogP) is 3.65. The summed E-state index contributed by atoms with van der Waals surface area (Å²) in [6, 6.07) is 5.64. The number of ether oxygens (including phenoxy) is 2. The van der Waals surface area contributed by atoms with E-state index >= 15 is 0 Å². The normalized spacial score (nSPS) is 17.1. The molecule has 4 nitrogen and oxygen atoms in total. The number of hydrogen-bond donors (Lipinski definition) is 0. The maximum absolute atomic E-state index is 11.8. The van der Waals surface area contributed by atoms with Crippen LogP contribution in [0.4, 0.5) is 0 Å². The summed E-state index contributed by atoms with van der Waals surface area (Å²) >= 11 is 6.22. The number of hydrogen-bond acceptors (Lipinski definition) is 4. The van der Waals surface area contributed by atoms with Crippen LogP contribution >= 0.6 is 11.6 Å². The van der Waals surface area contributed by atoms with Crippen LogP contribution in [-0.4, -0.2) is 24.0 Å². The van der Waals surface area contributed by atoms with E-state index in [0.717, 1.165) is 29.3 Å². The number of benzene rings is 1. The highest BCUT2D eigenvalue weighted by Crippen LogP contribution is 2.35. The summed E-state index contributed by atoms with van der Waals surface area (Å²) in [5, 5.41) is 1.29. The number of halogens is 1. The molecule has 0 spiro atoms. The number of allylic oxidation sites excluding steroid dienone is 1. The molecule has 0 unspecified atom stereocenters. The van der Waals surface area contributed by atoms with Crippen LogP contribution in [0.5, 0.6) is 11.5 Å². The van der Waals surface area contributed by atoms with E-state index in [1.165, 1.54) is 0 Å². The van der Waals surface area contributed by atoms with E-state index in [1.807, 2.05) is 18.2 Å². The molecule has 1 saturated carbocycles. The number of carbonyl (C=O) groups is 1. The van der Waals surface area contributed by atoms with Gasteiger partial charge < -0.3 is 9.47 Å². The van der Waals surface area contributed by atoms with E-state index in [1.54, 1.807) is 12.2 Å². The molecule has 0 amide bonds. The first kappa shape index (κ1) is 13.6. The molecule has 0 saturated heterocycles. The first-order valence-corrected chi connectivity index (χ1v) is 7.70. The Morgan fingerprint density at radius 2 is 1.91 bits per heavy atom. The zero-order chi connectivity index (χ0) is 15.1. The van der Waals surface area contributed by atoms with Gasteiger partial charge in [0.25, 0.3) is 0 Å². The van der Waals surface area contributed by atoms with Crippen molar-refractivity contribution in [3.8, 4) is 11.5 Å². The van der Waals surface area contributed by atoms with Crippen LogP contribution in [0.25, 0.3) is 17.0 Å². The summed E-state index contributed by atoms with van der Waals surface area (Å²) in [5.74, 6) is 1.78. The van der Waals surface area contributed by atoms with Gasteiger partial charge in [-0.15, -0.1) is 0 Å². The molecule has 112 valence electrons. The lowest BCUT2D eigenvalue weighted by Crippen LogP contribution is -2.15. The molecule has 0 atom stereocenters. The van der Waals surface area contributed by atoms with Crippen molar-refractivity contribution in [1.82, 2.24) is 4.98 Å². The summed E-state index contributed by atoms with van der Waals surface area (Å²) in [5.41, 5.74) is 1.49. The Bertz CT molecular complexity index is 796. The van der Waals surface area contributed by atoms with Crippen molar-refractivity contribution in [2.45, 2.75) is 12.8 Å². The fraction of sp³-hybridized carbons (Fsp3) is 0.294. The number of fused-ring (bicyclic) bond motifs is 2. The van der Waals surface area contributed by atoms with Crippen molar-refractivity contribution in [2.24, 2.45) is 5.92 Å². The number of aromatic nitrogens is 1. The minimum atomic E-state index is 0.165. The van der Waals surface area contributed by atoms with E-state index in [-0.39, 0.29) is 11.7 Å². The smallest absolute Gasteiger partial charge is 0.163 e. The molecule has 0 bridgehead atoms. The van der Waals surface area contributed by atoms with E-state index in [0.29, 0.717) is 29.9 Å². The first-order valence-electron chi connectivity index (χ1n) is 7.32. The molecule has 2 aliphatic rings. The molecular formula is C17H14ClNO3. The van der Waals surface area contributed by atoms with Crippen molar-refractivity contribution in [3.63, 3.8) is 0 Å². The summed E-state index contributed by atoms with van der Waals surface area (Å²) in [7, 11) is 0. The van der Waals surface area contributed by atoms with Crippen LogP contribution in [0.1, 0.15) is 18.4 Å². The second-order valence-electron chi connectivity index (χ2n) is 5.57. The van der Waals surface area contributed by atoms with Gasteiger partial charge in [-0.3, -0.25) is 4.79 Å². The second kappa shape index (κ2) is 5.29. The third-order valence-electron chi connectivity index (χ3n) is 3.87. The van der Waals surface area contributed by atoms with Crippen LogP contribution in [0.3, 0.4) is 0 Å². The molecule has 2 heterocycles. The molecule has 4 rings (SSSR count). The van der Waals surface area contributed by atoms with Crippen LogP contribution in [0, 0.1) is 5.92 Å². The van der Waals surface area contributed by atoms with Gasteiger partial charge in [0.15, 0.2) is 17.3 Å². The molecule has 0 N–H and O–H groups in total. The van der Waals surface area contributed by atoms with Crippen molar-refractivity contribution >= 4 is 34.4 Å². The Labute approximate surface area is 132 Å². The highest BCUT2D eigenvalue weighted by atomic mass is 35.5. The number of pyridine rings is 1. The van der Waals surface area contributed by atoms with Gasteiger partial charge in [0.2, 0.25) is 0 Å². The van der Waals surface area contributed by atoms with Gasteiger partial charge in [-0.2, -0.15) is 0 Å². The Balaban J connectivity index is 1.72. The van der Waals surface area contributed by atoms with Crippen molar-refractivity contribution in [3.05, 3.63) is 35.0 Å². The lowest BCUT2D eigenvalue weighted by atomic mass is 10.1. The SMILES string of the molecule is O=C(/C=C/c1cc2cc3c(cc2nc1Cl)OCCO3)C1CC1. The molecule has 1 fully saturated rings. The van der Waals surface area contributed by atoms with E-state index in [4.69, 9.17) is 21.1 Å². The predicted molar refractivity (Wildman–Crippen MR) is 84.5 cm³/mol. The topological polar surface area (TPSA) is 48.4 Å². The second-order valence-corrected chi connectivity index (χ2v) is 5.92. The fourth-order valence-corrected chi connectivity index (χ4v) is 2.70. The molecule has 5 heteroatoms. The van der Waals surface area contributed by atoms with Gasteiger partial charge in [0.1, 0.15) is 18.4 Å². The average molecular weight is 316 g/mol. The third-order valence-corrected chi connectivity index (χ3v) is 4.17. The molecule has 22 heavy (non-hydrogen) atoms. The van der Waals surface area contributed by atoms with Gasteiger partial charge in [-0.1, -0.05) is 11.6 Å². The largest absolute Gasteiger partial charge is 0.486 e. The lowest BCUT2D eigenvalue weighted by Gasteiger charge is -2.18. The minimum absolute atomic E-state index is 0.165. The Kier molecular flexibility index (Phi) is 3.26. The summed E-state index contributed by atoms with van der Waals surface area (Å²) in [6.07, 6.45) is 5.34. The highest BCUT2D eigenvalue weighted by molar-refractivity contribution is 6.31. The van der Waals surface area contributed by atoms with E-state index < -0.39 is 0 Å². The number of rotatable bonds is 3. The van der Waals surface area contributed by atoms with Gasteiger partial charge in [0, 0.05) is 22.9 Å². The fourth-order valence-electron chi connectivity index (χ4n) is 2.50. The van der Waals surface area contributed by atoms with E-state index in [2.05, 4.69) is 4.98 Å². The van der Waals surface area contributed by atoms with Crippen LogP contribution in [0.15, 0.2) is 24.3 Å². The molecule has 1 aromatic carbocycles. The average Bonchev–Trinajstić information content (AvgIpc) is 3.35. The van der Waals surface area contributed by atoms with Crippen LogP contribution < -0.4 is 9.47 Å². The van der Waals surface area contributed by atoms with Gasteiger partial charge in [0.05, 0.1) is 5.52 Å². The molecule has 1 aromatic heterocycles. The highest BCUT2D eigenvalue weighted by Gasteiger charge is 2.27. The summed E-state index contributed by atoms with van der Waals surface area (Å²) in [4.78, 5) is 16.1. The molecular weight excluding hydrogens is 302 g/mol. The maximum Gasteiger partial charge on any atom is 0.163 e. The maximum atomic E-state index is 11.8. The molecule has 1 aliphatic carbocycles. The van der Waals surface area contributed by atoms with E-state index in [9.17, 15) is 4.79 Å². The van der Waals surface area contributed by atoms with Crippen LogP contribution in [-0.2, 0) is 4.79 Å². The Hall–Kier alpha value is -2.07. The standard InChI is InChI=1S/C17H14ClNO3/c18-17-11(3-4-14(20)10-1-2-10)7-12-8-15-16(9-13(12)19-17)22-6-5-21-15/h3-4,7-10H,1-2,5-6H2/b4-3+. The number of nitrogens with zero attached hydrogens (tertiary/aromatic N) is 1.